The van der Waals surface area contributed by atoms with E-state index in [4.69, 9.17) is 10.5 Å². The monoisotopic (exact) mass is 294 g/mol. The predicted molar refractivity (Wildman–Crippen MR) is 79.7 cm³/mol. The van der Waals surface area contributed by atoms with Crippen LogP contribution in [0.3, 0.4) is 0 Å². The number of carbonyl (C=O) groups excluding carboxylic acids is 1. The summed E-state index contributed by atoms with van der Waals surface area (Å²) >= 11 is 0. The highest BCUT2D eigenvalue weighted by molar-refractivity contribution is 5.69. The average Bonchev–Trinajstić information content (AvgIpc) is 2.73. The molecule has 0 radical (unpaired) electrons. The van der Waals surface area contributed by atoms with Gasteiger partial charge in [0, 0.05) is 25.0 Å². The Kier molecular flexibility index (Phi) is 4.23. The topological polar surface area (TPSA) is 55.6 Å². The minimum Gasteiger partial charge on any atom is -0.444 e. The van der Waals surface area contributed by atoms with Crippen LogP contribution in [-0.2, 0) is 4.74 Å². The van der Waals surface area contributed by atoms with Crippen molar-refractivity contribution in [1.29, 1.82) is 0 Å². The van der Waals surface area contributed by atoms with Crippen molar-refractivity contribution in [3.05, 3.63) is 35.1 Å². The van der Waals surface area contributed by atoms with E-state index in [2.05, 4.69) is 0 Å². The second-order valence-corrected chi connectivity index (χ2v) is 6.61. The van der Waals surface area contributed by atoms with Gasteiger partial charge >= 0.3 is 6.09 Å². The summed E-state index contributed by atoms with van der Waals surface area (Å²) in [4.78, 5) is 13.7. The van der Waals surface area contributed by atoms with Crippen molar-refractivity contribution in [2.75, 3.05) is 13.1 Å². The standard InChI is InChI=1S/C16H23FN2O2/c1-10-11(6-5-7-13(10)17)12-8-19(9-14(12)18)15(20)21-16(2,3)4/h5-7,12,14H,8-9,18H2,1-4H3. The maximum Gasteiger partial charge on any atom is 0.410 e. The summed E-state index contributed by atoms with van der Waals surface area (Å²) in [5.74, 6) is -0.302. The Bertz CT molecular complexity index is 540. The van der Waals surface area contributed by atoms with E-state index in [9.17, 15) is 9.18 Å². The maximum atomic E-state index is 13.7. The summed E-state index contributed by atoms with van der Waals surface area (Å²) in [6.07, 6.45) is -0.366. The van der Waals surface area contributed by atoms with Crippen LogP contribution < -0.4 is 5.73 Å². The van der Waals surface area contributed by atoms with E-state index >= 15 is 0 Å². The highest BCUT2D eigenvalue weighted by atomic mass is 19.1. The third kappa shape index (κ3) is 3.53. The molecule has 0 spiro atoms. The number of carbonyl (C=O) groups is 1. The fourth-order valence-corrected chi connectivity index (χ4v) is 2.66. The Balaban J connectivity index is 2.15. The number of hydrogen-bond donors (Lipinski definition) is 1. The molecule has 0 saturated carbocycles. The van der Waals surface area contributed by atoms with E-state index in [0.717, 1.165) is 5.56 Å². The van der Waals surface area contributed by atoms with Crippen LogP contribution in [-0.4, -0.2) is 35.7 Å². The second-order valence-electron chi connectivity index (χ2n) is 6.61. The largest absolute Gasteiger partial charge is 0.444 e. The van der Waals surface area contributed by atoms with Gasteiger partial charge in [0.25, 0.3) is 0 Å². The van der Waals surface area contributed by atoms with Crippen molar-refractivity contribution in [2.45, 2.75) is 45.3 Å². The second kappa shape index (κ2) is 5.64. The van der Waals surface area contributed by atoms with Gasteiger partial charge < -0.3 is 15.4 Å². The number of nitrogens with two attached hydrogens (primary N) is 1. The lowest BCUT2D eigenvalue weighted by atomic mass is 9.91. The van der Waals surface area contributed by atoms with Gasteiger partial charge in [-0.25, -0.2) is 9.18 Å². The Hall–Kier alpha value is -1.62. The molecule has 5 heteroatoms. The van der Waals surface area contributed by atoms with Crippen LogP contribution >= 0.6 is 0 Å². The molecule has 0 bridgehead atoms. The van der Waals surface area contributed by atoms with E-state index in [1.165, 1.54) is 6.07 Å². The predicted octanol–water partition coefficient (Wildman–Crippen LogP) is 2.80. The molecular formula is C16H23FN2O2. The molecule has 1 amide bonds. The van der Waals surface area contributed by atoms with Gasteiger partial charge in [0.1, 0.15) is 11.4 Å². The molecule has 1 heterocycles. The summed E-state index contributed by atoms with van der Waals surface area (Å²) in [6.45, 7) is 8.11. The molecule has 21 heavy (non-hydrogen) atoms. The lowest BCUT2D eigenvalue weighted by Gasteiger charge is -2.24. The van der Waals surface area contributed by atoms with Gasteiger partial charge in [0.05, 0.1) is 0 Å². The maximum absolute atomic E-state index is 13.7. The Morgan fingerprint density at radius 3 is 2.67 bits per heavy atom. The smallest absolute Gasteiger partial charge is 0.410 e. The van der Waals surface area contributed by atoms with Crippen LogP contribution in [0.4, 0.5) is 9.18 Å². The fourth-order valence-electron chi connectivity index (χ4n) is 2.66. The van der Waals surface area contributed by atoms with Gasteiger partial charge in [0.15, 0.2) is 0 Å². The number of likely N-dealkylation sites (tertiary alicyclic amines) is 1. The van der Waals surface area contributed by atoms with Gasteiger partial charge in [-0.3, -0.25) is 0 Å². The van der Waals surface area contributed by atoms with Crippen LogP contribution in [0.5, 0.6) is 0 Å². The Labute approximate surface area is 125 Å². The van der Waals surface area contributed by atoms with E-state index in [1.54, 1.807) is 17.9 Å². The van der Waals surface area contributed by atoms with Crippen LogP contribution in [0.15, 0.2) is 18.2 Å². The number of rotatable bonds is 1. The first-order valence-electron chi connectivity index (χ1n) is 7.17. The lowest BCUT2D eigenvalue weighted by molar-refractivity contribution is 0.0290. The summed E-state index contributed by atoms with van der Waals surface area (Å²) in [6, 6.07) is 4.78. The van der Waals surface area contributed by atoms with Crippen LogP contribution in [0.2, 0.25) is 0 Å². The Morgan fingerprint density at radius 1 is 1.38 bits per heavy atom. The van der Waals surface area contributed by atoms with Gasteiger partial charge in [-0.1, -0.05) is 12.1 Å². The number of ether oxygens (including phenoxy) is 1. The molecule has 1 aromatic carbocycles. The zero-order chi connectivity index (χ0) is 15.8. The van der Waals surface area contributed by atoms with Gasteiger partial charge in [0.2, 0.25) is 0 Å². The number of benzene rings is 1. The first-order chi connectivity index (χ1) is 9.69. The molecule has 4 nitrogen and oxygen atoms in total. The molecule has 1 fully saturated rings. The molecule has 1 saturated heterocycles. The minimum atomic E-state index is -0.534. The van der Waals surface area contributed by atoms with Gasteiger partial charge in [-0.15, -0.1) is 0 Å². The van der Waals surface area contributed by atoms with Gasteiger partial charge in [-0.05, 0) is 44.9 Å². The summed E-state index contributed by atoms with van der Waals surface area (Å²) in [5, 5.41) is 0. The van der Waals surface area contributed by atoms with E-state index in [1.807, 2.05) is 26.8 Å². The first-order valence-corrected chi connectivity index (χ1v) is 7.17. The van der Waals surface area contributed by atoms with Crippen LogP contribution in [0, 0.1) is 12.7 Å². The summed E-state index contributed by atoms with van der Waals surface area (Å²) in [7, 11) is 0. The molecule has 2 rings (SSSR count). The number of halogens is 1. The lowest BCUT2D eigenvalue weighted by Crippen LogP contribution is -2.36. The minimum absolute atomic E-state index is 0.0618. The zero-order valence-electron chi connectivity index (χ0n) is 13.0. The molecule has 2 N–H and O–H groups in total. The van der Waals surface area contributed by atoms with Crippen molar-refractivity contribution < 1.29 is 13.9 Å². The molecule has 2 atom stereocenters. The average molecular weight is 294 g/mol. The van der Waals surface area contributed by atoms with Crippen molar-refractivity contribution in [3.63, 3.8) is 0 Å². The number of hydrogen-bond acceptors (Lipinski definition) is 3. The number of nitrogens with zero attached hydrogens (tertiary/aromatic N) is 1. The summed E-state index contributed by atoms with van der Waals surface area (Å²) in [5.41, 5.74) is 7.09. The van der Waals surface area contributed by atoms with Crippen molar-refractivity contribution >= 4 is 6.09 Å². The number of amides is 1. The quantitative estimate of drug-likeness (QED) is 0.866. The van der Waals surface area contributed by atoms with E-state index in [-0.39, 0.29) is 23.9 Å². The normalized spacial score (nSPS) is 22.5. The van der Waals surface area contributed by atoms with E-state index < -0.39 is 5.60 Å². The molecule has 1 aliphatic heterocycles. The summed E-state index contributed by atoms with van der Waals surface area (Å²) < 4.78 is 19.1. The molecule has 1 aliphatic rings. The third-order valence-electron chi connectivity index (χ3n) is 3.73. The van der Waals surface area contributed by atoms with Crippen molar-refractivity contribution in [3.8, 4) is 0 Å². The molecule has 0 aromatic heterocycles. The molecule has 116 valence electrons. The van der Waals surface area contributed by atoms with Crippen molar-refractivity contribution in [2.24, 2.45) is 5.73 Å². The Morgan fingerprint density at radius 2 is 2.05 bits per heavy atom. The fraction of sp³-hybridized carbons (Fsp3) is 0.562. The highest BCUT2D eigenvalue weighted by Gasteiger charge is 2.36. The molecule has 0 aliphatic carbocycles. The molecular weight excluding hydrogens is 271 g/mol. The first kappa shape index (κ1) is 15.8. The molecule has 2 unspecified atom stereocenters. The zero-order valence-corrected chi connectivity index (χ0v) is 13.0. The third-order valence-corrected chi connectivity index (χ3v) is 3.73. The highest BCUT2D eigenvalue weighted by Crippen LogP contribution is 2.30. The van der Waals surface area contributed by atoms with Crippen LogP contribution in [0.1, 0.15) is 37.8 Å². The van der Waals surface area contributed by atoms with E-state index in [0.29, 0.717) is 18.7 Å². The van der Waals surface area contributed by atoms with Gasteiger partial charge in [-0.2, -0.15) is 0 Å². The van der Waals surface area contributed by atoms with Crippen molar-refractivity contribution in [1.82, 2.24) is 4.90 Å². The van der Waals surface area contributed by atoms with Crippen LogP contribution in [0.25, 0.3) is 0 Å². The molecule has 1 aromatic rings. The SMILES string of the molecule is Cc1c(F)cccc1C1CN(C(=O)OC(C)(C)C)CC1N.